The average Bonchev–Trinajstić information content (AvgIpc) is 1.89. The van der Waals surface area contributed by atoms with Crippen LogP contribution in [0.25, 0.3) is 0 Å². The molecule has 0 aromatic carbocycles. The Balaban J connectivity index is 2.46. The van der Waals surface area contributed by atoms with Gasteiger partial charge in [-0.3, -0.25) is 0 Å². The molecular weight excluding hydrogens is 112 g/mol. The van der Waals surface area contributed by atoms with Crippen LogP contribution in [0.3, 0.4) is 0 Å². The Morgan fingerprint density at radius 1 is 1.56 bits per heavy atom. The molecule has 0 saturated carbocycles. The number of allylic oxidation sites excluding steroid dienone is 1. The van der Waals surface area contributed by atoms with Gasteiger partial charge >= 0.3 is 0 Å². The van der Waals surface area contributed by atoms with E-state index in [4.69, 9.17) is 4.74 Å². The summed E-state index contributed by atoms with van der Waals surface area (Å²) >= 11 is 0. The standard InChI is InChI=1S/C8H14O/c1-7-5-3-4-6-8(7)9-2/h4,6-8H,3,5H2,1-2H3/t7-,8-/m0/s1. The molecule has 0 spiro atoms. The van der Waals surface area contributed by atoms with Gasteiger partial charge in [0.05, 0.1) is 6.10 Å². The Morgan fingerprint density at radius 3 is 2.78 bits per heavy atom. The molecule has 0 aromatic heterocycles. The van der Waals surface area contributed by atoms with Gasteiger partial charge in [0, 0.05) is 7.11 Å². The van der Waals surface area contributed by atoms with E-state index < -0.39 is 0 Å². The van der Waals surface area contributed by atoms with Crippen molar-refractivity contribution >= 4 is 0 Å². The number of hydrogen-bond acceptors (Lipinski definition) is 1. The van der Waals surface area contributed by atoms with Crippen LogP contribution in [0.1, 0.15) is 19.8 Å². The van der Waals surface area contributed by atoms with Gasteiger partial charge in [-0.05, 0) is 18.8 Å². The van der Waals surface area contributed by atoms with E-state index in [0.29, 0.717) is 12.0 Å². The number of hydrogen-bond donors (Lipinski definition) is 0. The van der Waals surface area contributed by atoms with Crippen molar-refractivity contribution in [2.45, 2.75) is 25.9 Å². The number of methoxy groups -OCH3 is 1. The lowest BCUT2D eigenvalue weighted by atomic mass is 9.94. The zero-order valence-corrected chi connectivity index (χ0v) is 6.13. The van der Waals surface area contributed by atoms with Crippen molar-refractivity contribution in [2.75, 3.05) is 7.11 Å². The van der Waals surface area contributed by atoms with Gasteiger partial charge < -0.3 is 4.74 Å². The molecule has 9 heavy (non-hydrogen) atoms. The van der Waals surface area contributed by atoms with E-state index >= 15 is 0 Å². The van der Waals surface area contributed by atoms with Crippen LogP contribution in [0.5, 0.6) is 0 Å². The summed E-state index contributed by atoms with van der Waals surface area (Å²) in [7, 11) is 1.77. The second-order valence-electron chi connectivity index (χ2n) is 2.68. The van der Waals surface area contributed by atoms with Gasteiger partial charge in [0.25, 0.3) is 0 Å². The lowest BCUT2D eigenvalue weighted by Gasteiger charge is -2.22. The van der Waals surface area contributed by atoms with E-state index in [1.165, 1.54) is 12.8 Å². The molecule has 0 radical (unpaired) electrons. The summed E-state index contributed by atoms with van der Waals surface area (Å²) in [5.41, 5.74) is 0. The maximum absolute atomic E-state index is 5.22. The summed E-state index contributed by atoms with van der Waals surface area (Å²) in [6.45, 7) is 2.23. The third-order valence-corrected chi connectivity index (χ3v) is 1.95. The van der Waals surface area contributed by atoms with Crippen LogP contribution in [0.4, 0.5) is 0 Å². The van der Waals surface area contributed by atoms with E-state index in [0.717, 1.165) is 0 Å². The van der Waals surface area contributed by atoms with Gasteiger partial charge in [0.15, 0.2) is 0 Å². The van der Waals surface area contributed by atoms with Crippen LogP contribution in [-0.4, -0.2) is 13.2 Å². The molecule has 1 rings (SSSR count). The lowest BCUT2D eigenvalue weighted by molar-refractivity contribution is 0.0886. The third kappa shape index (κ3) is 1.55. The lowest BCUT2D eigenvalue weighted by Crippen LogP contribution is -2.19. The smallest absolute Gasteiger partial charge is 0.0777 e. The molecule has 1 aliphatic carbocycles. The molecule has 1 heteroatoms. The summed E-state index contributed by atoms with van der Waals surface area (Å²) in [6.07, 6.45) is 7.23. The fraction of sp³-hybridized carbons (Fsp3) is 0.750. The normalized spacial score (nSPS) is 34.9. The molecule has 1 nitrogen and oxygen atoms in total. The fourth-order valence-corrected chi connectivity index (χ4v) is 1.25. The maximum atomic E-state index is 5.22. The predicted octanol–water partition coefficient (Wildman–Crippen LogP) is 1.99. The molecule has 0 aliphatic heterocycles. The molecular formula is C8H14O. The number of rotatable bonds is 1. The molecule has 2 atom stereocenters. The zero-order chi connectivity index (χ0) is 6.69. The molecule has 0 unspecified atom stereocenters. The van der Waals surface area contributed by atoms with Crippen molar-refractivity contribution in [3.8, 4) is 0 Å². The minimum Gasteiger partial charge on any atom is -0.377 e. The van der Waals surface area contributed by atoms with Crippen molar-refractivity contribution < 1.29 is 4.74 Å². The van der Waals surface area contributed by atoms with Gasteiger partial charge in [-0.1, -0.05) is 19.1 Å². The van der Waals surface area contributed by atoms with Crippen molar-refractivity contribution in [3.05, 3.63) is 12.2 Å². The third-order valence-electron chi connectivity index (χ3n) is 1.95. The first kappa shape index (κ1) is 6.81. The molecule has 0 fully saturated rings. The van der Waals surface area contributed by atoms with Crippen LogP contribution < -0.4 is 0 Å². The molecule has 0 amide bonds. The number of ether oxygens (including phenoxy) is 1. The summed E-state index contributed by atoms with van der Waals surface area (Å²) in [6, 6.07) is 0. The molecule has 0 aromatic rings. The fourth-order valence-electron chi connectivity index (χ4n) is 1.25. The van der Waals surface area contributed by atoms with Gasteiger partial charge in [-0.2, -0.15) is 0 Å². The van der Waals surface area contributed by atoms with E-state index in [9.17, 15) is 0 Å². The van der Waals surface area contributed by atoms with Crippen LogP contribution in [-0.2, 0) is 4.74 Å². The van der Waals surface area contributed by atoms with Gasteiger partial charge in [-0.15, -0.1) is 0 Å². The Hall–Kier alpha value is -0.300. The first-order valence-corrected chi connectivity index (χ1v) is 3.54. The van der Waals surface area contributed by atoms with Crippen LogP contribution in [0.2, 0.25) is 0 Å². The summed E-state index contributed by atoms with van der Waals surface area (Å²) in [4.78, 5) is 0. The van der Waals surface area contributed by atoms with E-state index in [-0.39, 0.29) is 0 Å². The summed E-state index contributed by atoms with van der Waals surface area (Å²) < 4.78 is 5.22. The molecule has 0 N–H and O–H groups in total. The topological polar surface area (TPSA) is 9.23 Å². The quantitative estimate of drug-likeness (QED) is 0.488. The highest BCUT2D eigenvalue weighted by Crippen LogP contribution is 2.19. The van der Waals surface area contributed by atoms with Crippen LogP contribution >= 0.6 is 0 Å². The molecule has 0 saturated heterocycles. The molecule has 0 bridgehead atoms. The molecule has 1 aliphatic rings. The molecule has 52 valence electrons. The minimum atomic E-state index is 0.374. The van der Waals surface area contributed by atoms with Gasteiger partial charge in [-0.25, -0.2) is 0 Å². The Labute approximate surface area is 56.7 Å². The summed E-state index contributed by atoms with van der Waals surface area (Å²) in [5.74, 6) is 0.708. The Kier molecular flexibility index (Phi) is 2.29. The van der Waals surface area contributed by atoms with E-state index in [2.05, 4.69) is 19.1 Å². The van der Waals surface area contributed by atoms with Gasteiger partial charge in [0.1, 0.15) is 0 Å². The Bertz CT molecular complexity index is 107. The monoisotopic (exact) mass is 126 g/mol. The van der Waals surface area contributed by atoms with Crippen LogP contribution in [0, 0.1) is 5.92 Å². The van der Waals surface area contributed by atoms with Crippen molar-refractivity contribution in [2.24, 2.45) is 5.92 Å². The van der Waals surface area contributed by atoms with E-state index in [1.807, 2.05) is 0 Å². The Morgan fingerprint density at radius 2 is 2.33 bits per heavy atom. The highest BCUT2D eigenvalue weighted by molar-refractivity contribution is 4.96. The first-order valence-electron chi connectivity index (χ1n) is 3.54. The minimum absolute atomic E-state index is 0.374. The van der Waals surface area contributed by atoms with E-state index in [1.54, 1.807) is 7.11 Å². The highest BCUT2D eigenvalue weighted by Gasteiger charge is 2.15. The SMILES string of the molecule is CO[C@H]1C=CCC[C@@H]1C. The average molecular weight is 126 g/mol. The van der Waals surface area contributed by atoms with Crippen LogP contribution in [0.15, 0.2) is 12.2 Å². The maximum Gasteiger partial charge on any atom is 0.0777 e. The van der Waals surface area contributed by atoms with Gasteiger partial charge in [0.2, 0.25) is 0 Å². The first-order chi connectivity index (χ1) is 4.34. The predicted molar refractivity (Wildman–Crippen MR) is 38.3 cm³/mol. The van der Waals surface area contributed by atoms with Crippen molar-refractivity contribution in [3.63, 3.8) is 0 Å². The molecule has 0 heterocycles. The second-order valence-corrected chi connectivity index (χ2v) is 2.68. The summed E-state index contributed by atoms with van der Waals surface area (Å²) in [5, 5.41) is 0. The second kappa shape index (κ2) is 3.02. The zero-order valence-electron chi connectivity index (χ0n) is 6.13. The largest absolute Gasteiger partial charge is 0.377 e. The van der Waals surface area contributed by atoms with Crippen molar-refractivity contribution in [1.82, 2.24) is 0 Å². The van der Waals surface area contributed by atoms with Crippen molar-refractivity contribution in [1.29, 1.82) is 0 Å². The highest BCUT2D eigenvalue weighted by atomic mass is 16.5.